The number of nitriles is 1. The first-order valence-electron chi connectivity index (χ1n) is 13.9. The molecule has 5 aromatic rings. The molecule has 0 saturated carbocycles. The number of nitrogens with zero attached hydrogens (tertiary/aromatic N) is 4. The molecule has 220 valence electrons. The van der Waals surface area contributed by atoms with Gasteiger partial charge < -0.3 is 9.88 Å². The Morgan fingerprint density at radius 2 is 1.75 bits per heavy atom. The third-order valence-electron chi connectivity index (χ3n) is 7.92. The molecule has 0 fully saturated rings. The van der Waals surface area contributed by atoms with E-state index < -0.39 is 11.9 Å². The number of hydrogen-bond acceptors (Lipinski definition) is 6. The third kappa shape index (κ3) is 4.94. The molecular formula is C34H28FN5O2S2. The van der Waals surface area contributed by atoms with Crippen LogP contribution in [0.15, 0.2) is 81.7 Å². The molecule has 4 heterocycles. The van der Waals surface area contributed by atoms with Gasteiger partial charge in [-0.05, 0) is 87.7 Å². The van der Waals surface area contributed by atoms with Gasteiger partial charge in [-0.25, -0.2) is 9.38 Å². The van der Waals surface area contributed by atoms with E-state index in [1.54, 1.807) is 42.5 Å². The predicted molar refractivity (Wildman–Crippen MR) is 173 cm³/mol. The lowest BCUT2D eigenvalue weighted by molar-refractivity contribution is -0.113. The van der Waals surface area contributed by atoms with Crippen molar-refractivity contribution in [2.75, 3.05) is 5.32 Å². The van der Waals surface area contributed by atoms with Crippen molar-refractivity contribution in [1.82, 2.24) is 9.13 Å². The van der Waals surface area contributed by atoms with E-state index in [-0.39, 0.29) is 11.5 Å². The van der Waals surface area contributed by atoms with Crippen LogP contribution in [0.5, 0.6) is 0 Å². The largest absolute Gasteiger partial charge is 0.322 e. The number of nitrogens with one attached hydrogen (secondary N) is 1. The van der Waals surface area contributed by atoms with Crippen LogP contribution in [-0.4, -0.2) is 15.0 Å². The monoisotopic (exact) mass is 621 g/mol. The quantitative estimate of drug-likeness (QED) is 0.262. The van der Waals surface area contributed by atoms with Gasteiger partial charge in [0.2, 0.25) is 0 Å². The van der Waals surface area contributed by atoms with Gasteiger partial charge in [0.15, 0.2) is 4.80 Å². The van der Waals surface area contributed by atoms with Crippen molar-refractivity contribution >= 4 is 40.3 Å². The summed E-state index contributed by atoms with van der Waals surface area (Å²) in [6.07, 6.45) is 1.84. The van der Waals surface area contributed by atoms with Gasteiger partial charge in [-0.1, -0.05) is 41.7 Å². The van der Waals surface area contributed by atoms with Gasteiger partial charge in [-0.15, -0.1) is 11.3 Å². The van der Waals surface area contributed by atoms with Crippen molar-refractivity contribution in [3.63, 3.8) is 0 Å². The molecule has 10 heteroatoms. The highest BCUT2D eigenvalue weighted by atomic mass is 32.1. The van der Waals surface area contributed by atoms with E-state index in [0.717, 1.165) is 32.4 Å². The number of halogens is 1. The molecule has 7 nitrogen and oxygen atoms in total. The van der Waals surface area contributed by atoms with E-state index in [1.807, 2.05) is 58.0 Å². The number of aromatic nitrogens is 2. The average molecular weight is 622 g/mol. The lowest BCUT2D eigenvalue weighted by Gasteiger charge is -2.25. The molecule has 0 spiro atoms. The van der Waals surface area contributed by atoms with E-state index in [1.165, 1.54) is 28.0 Å². The molecule has 1 atom stereocenters. The lowest BCUT2D eigenvalue weighted by atomic mass is 9.95. The highest BCUT2D eigenvalue weighted by Crippen LogP contribution is 2.34. The summed E-state index contributed by atoms with van der Waals surface area (Å²) in [5, 5.41) is 13.6. The zero-order chi connectivity index (χ0) is 31.3. The highest BCUT2D eigenvalue weighted by molar-refractivity contribution is 7.15. The first-order valence-corrected chi connectivity index (χ1v) is 15.6. The maximum Gasteiger partial charge on any atom is 0.271 e. The van der Waals surface area contributed by atoms with Gasteiger partial charge in [-0.3, -0.25) is 14.2 Å². The fraction of sp³-hybridized carbons (Fsp3) is 0.176. The van der Waals surface area contributed by atoms with Crippen LogP contribution in [-0.2, 0) is 4.79 Å². The molecule has 1 N–H and O–H groups in total. The molecular weight excluding hydrogens is 594 g/mol. The number of para-hydroxylation sites is 1. The number of aryl methyl sites for hydroxylation is 2. The molecule has 2 aromatic carbocycles. The first-order chi connectivity index (χ1) is 21.1. The Bertz CT molecular complexity index is 2210. The second kappa shape index (κ2) is 11.3. The molecule has 0 unspecified atom stereocenters. The van der Waals surface area contributed by atoms with Crippen LogP contribution in [0.1, 0.15) is 51.5 Å². The topological polar surface area (TPSA) is 92.2 Å². The molecule has 0 saturated heterocycles. The van der Waals surface area contributed by atoms with Crippen LogP contribution in [0, 0.1) is 44.8 Å². The zero-order valence-corrected chi connectivity index (χ0v) is 26.4. The maximum absolute atomic E-state index is 14.1. The molecule has 6 rings (SSSR count). The molecule has 0 bridgehead atoms. The molecule has 3 aromatic heterocycles. The number of anilines is 1. The van der Waals surface area contributed by atoms with E-state index in [4.69, 9.17) is 4.99 Å². The van der Waals surface area contributed by atoms with Crippen LogP contribution >= 0.6 is 22.7 Å². The number of benzene rings is 2. The number of allylic oxidation sites excluding steroid dienone is 1. The second-order valence-electron chi connectivity index (χ2n) is 10.7. The SMILES string of the molecule is CC1=C(C(=O)Nc2ccccc2)[C@@H](c2ccc(F)cc2)n2c(s/c(=C/c3cc(C)n(-c4sc(C)c(C)c4C#N)c3C)c2=O)=N1. The summed E-state index contributed by atoms with van der Waals surface area (Å²) in [7, 11) is 0. The van der Waals surface area contributed by atoms with Gasteiger partial charge in [0.05, 0.1) is 27.4 Å². The van der Waals surface area contributed by atoms with Crippen molar-refractivity contribution in [1.29, 1.82) is 5.26 Å². The zero-order valence-electron chi connectivity index (χ0n) is 24.7. The number of thiazole rings is 1. The maximum atomic E-state index is 14.1. The van der Waals surface area contributed by atoms with Gasteiger partial charge >= 0.3 is 0 Å². The molecule has 1 aliphatic rings. The summed E-state index contributed by atoms with van der Waals surface area (Å²) >= 11 is 2.82. The normalized spacial score (nSPS) is 14.8. The fourth-order valence-corrected chi connectivity index (χ4v) is 7.83. The highest BCUT2D eigenvalue weighted by Gasteiger charge is 2.32. The van der Waals surface area contributed by atoms with E-state index in [9.17, 15) is 19.2 Å². The number of carbonyl (C=O) groups is 1. The minimum Gasteiger partial charge on any atom is -0.322 e. The van der Waals surface area contributed by atoms with Gasteiger partial charge in [0.1, 0.15) is 16.9 Å². The fourth-order valence-electron chi connectivity index (χ4n) is 5.58. The van der Waals surface area contributed by atoms with Crippen LogP contribution in [0.2, 0.25) is 0 Å². The predicted octanol–water partition coefficient (Wildman–Crippen LogP) is 5.97. The van der Waals surface area contributed by atoms with E-state index in [2.05, 4.69) is 16.0 Å². The summed E-state index contributed by atoms with van der Waals surface area (Å²) in [5.41, 5.74) is 6.00. The standard InChI is InChI=1S/C34H28FN5O2S2/c1-18-15-24(21(4)39(18)33-27(17-36)19(2)22(5)43-33)16-28-32(42)40-30(23-11-13-25(35)14-12-23)29(20(3)37-34(40)44-28)31(41)38-26-9-7-6-8-10-26/h6-16,30H,1-5H3,(H,38,41)/b28-16+/t30-/m1/s1. The lowest BCUT2D eigenvalue weighted by Crippen LogP contribution is -2.40. The minimum absolute atomic E-state index is 0.300. The first kappa shape index (κ1) is 29.2. The average Bonchev–Trinajstić information content (AvgIpc) is 3.57. The van der Waals surface area contributed by atoms with Gasteiger partial charge in [0.25, 0.3) is 11.5 Å². The van der Waals surface area contributed by atoms with Crippen molar-refractivity contribution in [3.05, 3.63) is 136 Å². The Kier molecular flexibility index (Phi) is 7.53. The number of amides is 1. The van der Waals surface area contributed by atoms with Crippen molar-refractivity contribution in [3.8, 4) is 11.1 Å². The number of thiophene rings is 1. The molecule has 0 aliphatic carbocycles. The minimum atomic E-state index is -0.805. The Labute approximate surface area is 261 Å². The Balaban J connectivity index is 1.50. The van der Waals surface area contributed by atoms with Crippen molar-refractivity contribution < 1.29 is 9.18 Å². The summed E-state index contributed by atoms with van der Waals surface area (Å²) in [6, 6.07) is 18.4. The number of fused-ring (bicyclic) bond motifs is 1. The summed E-state index contributed by atoms with van der Waals surface area (Å²) in [6.45, 7) is 9.66. The Morgan fingerprint density at radius 1 is 1.05 bits per heavy atom. The van der Waals surface area contributed by atoms with Crippen molar-refractivity contribution in [2.45, 2.75) is 40.7 Å². The Morgan fingerprint density at radius 3 is 2.43 bits per heavy atom. The second-order valence-corrected chi connectivity index (χ2v) is 12.9. The van der Waals surface area contributed by atoms with Crippen LogP contribution in [0.25, 0.3) is 11.1 Å². The molecule has 0 radical (unpaired) electrons. The summed E-state index contributed by atoms with van der Waals surface area (Å²) < 4.78 is 18.0. The van der Waals surface area contributed by atoms with Crippen LogP contribution in [0.3, 0.4) is 0 Å². The van der Waals surface area contributed by atoms with Crippen LogP contribution in [0.4, 0.5) is 10.1 Å². The summed E-state index contributed by atoms with van der Waals surface area (Å²) in [5.74, 6) is -0.803. The van der Waals surface area contributed by atoms with Gasteiger partial charge in [-0.2, -0.15) is 5.26 Å². The molecule has 1 aliphatic heterocycles. The molecule has 1 amide bonds. The summed E-state index contributed by atoms with van der Waals surface area (Å²) in [4.78, 5) is 34.1. The Hall–Kier alpha value is -4.85. The van der Waals surface area contributed by atoms with E-state index >= 15 is 0 Å². The van der Waals surface area contributed by atoms with Gasteiger partial charge in [0, 0.05) is 22.0 Å². The molecule has 44 heavy (non-hydrogen) atoms. The number of hydrogen-bond donors (Lipinski definition) is 1. The van der Waals surface area contributed by atoms with E-state index in [0.29, 0.717) is 37.4 Å². The number of carbonyl (C=O) groups excluding carboxylic acids is 1. The van der Waals surface area contributed by atoms with Crippen molar-refractivity contribution in [2.24, 2.45) is 4.99 Å². The number of rotatable bonds is 5. The smallest absolute Gasteiger partial charge is 0.271 e. The van der Waals surface area contributed by atoms with Crippen LogP contribution < -0.4 is 20.2 Å². The third-order valence-corrected chi connectivity index (χ3v) is 10.1.